The third-order valence-electron chi connectivity index (χ3n) is 4.94. The van der Waals surface area contributed by atoms with Crippen molar-refractivity contribution in [3.05, 3.63) is 24.0 Å². The molecule has 0 saturated carbocycles. The molecule has 1 aromatic heterocycles. The minimum atomic E-state index is -0.319. The molecule has 2 aliphatic heterocycles. The van der Waals surface area contributed by atoms with Crippen molar-refractivity contribution < 1.29 is 19.1 Å². The van der Waals surface area contributed by atoms with Crippen LogP contribution in [0.15, 0.2) is 18.3 Å². The van der Waals surface area contributed by atoms with Gasteiger partial charge in [0.1, 0.15) is 5.69 Å². The van der Waals surface area contributed by atoms with E-state index >= 15 is 0 Å². The van der Waals surface area contributed by atoms with E-state index in [0.717, 1.165) is 45.1 Å². The van der Waals surface area contributed by atoms with Gasteiger partial charge >= 0.3 is 6.09 Å². The molecule has 1 N–H and O–H groups in total. The van der Waals surface area contributed by atoms with E-state index in [9.17, 15) is 9.59 Å². The molecule has 0 aliphatic carbocycles. The largest absolute Gasteiger partial charge is 0.450 e. The molecule has 3 heterocycles. The molecule has 2 fully saturated rings. The van der Waals surface area contributed by atoms with E-state index in [2.05, 4.69) is 15.2 Å². The highest BCUT2D eigenvalue weighted by atomic mass is 16.6. The molecule has 0 radical (unpaired) electrons. The van der Waals surface area contributed by atoms with Gasteiger partial charge in [0.25, 0.3) is 5.91 Å². The number of amides is 2. The zero-order chi connectivity index (χ0) is 19.8. The first-order valence-electron chi connectivity index (χ1n) is 9.88. The fourth-order valence-electron chi connectivity index (χ4n) is 3.28. The third-order valence-corrected chi connectivity index (χ3v) is 4.94. The number of hydrogen-bond donors (Lipinski definition) is 1. The van der Waals surface area contributed by atoms with Gasteiger partial charge in [0, 0.05) is 52.4 Å². The van der Waals surface area contributed by atoms with Crippen LogP contribution in [0.2, 0.25) is 0 Å². The van der Waals surface area contributed by atoms with E-state index in [0.29, 0.717) is 38.5 Å². The number of ether oxygens (including phenoxy) is 2. The van der Waals surface area contributed by atoms with Gasteiger partial charge in [0.15, 0.2) is 0 Å². The zero-order valence-electron chi connectivity index (χ0n) is 16.4. The number of nitrogens with one attached hydrogen (secondary N) is 1. The summed E-state index contributed by atoms with van der Waals surface area (Å²) in [6.45, 7) is 9.38. The van der Waals surface area contributed by atoms with Crippen LogP contribution in [0.5, 0.6) is 0 Å². The molecule has 0 bridgehead atoms. The molecule has 154 valence electrons. The number of rotatable bonds is 6. The van der Waals surface area contributed by atoms with Gasteiger partial charge in [-0.1, -0.05) is 0 Å². The third kappa shape index (κ3) is 5.56. The van der Waals surface area contributed by atoms with Crippen LogP contribution in [0.1, 0.15) is 17.4 Å². The summed E-state index contributed by atoms with van der Waals surface area (Å²) in [6, 6.07) is 3.63. The Hall–Kier alpha value is -2.39. The van der Waals surface area contributed by atoms with Gasteiger partial charge in [-0.15, -0.1) is 0 Å². The molecule has 0 unspecified atom stereocenters. The number of morpholine rings is 1. The Labute approximate surface area is 165 Å². The smallest absolute Gasteiger partial charge is 0.409 e. The van der Waals surface area contributed by atoms with Crippen LogP contribution in [0, 0.1) is 0 Å². The van der Waals surface area contributed by atoms with E-state index in [-0.39, 0.29) is 12.0 Å². The Morgan fingerprint density at radius 3 is 2.46 bits per heavy atom. The van der Waals surface area contributed by atoms with Crippen LogP contribution >= 0.6 is 0 Å². The van der Waals surface area contributed by atoms with Crippen molar-refractivity contribution in [2.45, 2.75) is 6.92 Å². The average molecular weight is 391 g/mol. The van der Waals surface area contributed by atoms with Crippen molar-refractivity contribution in [1.29, 1.82) is 0 Å². The van der Waals surface area contributed by atoms with Gasteiger partial charge in [-0.3, -0.25) is 9.69 Å². The maximum atomic E-state index is 12.6. The molecule has 0 atom stereocenters. The summed E-state index contributed by atoms with van der Waals surface area (Å²) in [5.41, 5.74) is 1.32. The van der Waals surface area contributed by atoms with Crippen LogP contribution in [0.25, 0.3) is 0 Å². The summed E-state index contributed by atoms with van der Waals surface area (Å²) < 4.78 is 10.3. The molecule has 1 aromatic rings. The molecular weight excluding hydrogens is 362 g/mol. The standard InChI is InChI=1S/C19H29N5O4/c1-2-28-19(26)24-9-7-23(8-10-24)18(25)17-4-3-16(15-21-17)20-5-6-22-11-13-27-14-12-22/h3-4,15,20H,2,5-14H2,1H3. The minimum Gasteiger partial charge on any atom is -0.450 e. The van der Waals surface area contributed by atoms with E-state index in [1.54, 1.807) is 29.0 Å². The minimum absolute atomic E-state index is 0.108. The first-order valence-corrected chi connectivity index (χ1v) is 9.88. The number of aromatic nitrogens is 1. The van der Waals surface area contributed by atoms with Crippen molar-refractivity contribution in [1.82, 2.24) is 19.7 Å². The lowest BCUT2D eigenvalue weighted by molar-refractivity contribution is 0.0398. The molecular formula is C19H29N5O4. The lowest BCUT2D eigenvalue weighted by atomic mass is 10.2. The van der Waals surface area contributed by atoms with Crippen molar-refractivity contribution in [3.63, 3.8) is 0 Å². The molecule has 28 heavy (non-hydrogen) atoms. The fourth-order valence-corrected chi connectivity index (χ4v) is 3.28. The molecule has 2 amide bonds. The van der Waals surface area contributed by atoms with Gasteiger partial charge in [-0.05, 0) is 19.1 Å². The monoisotopic (exact) mass is 391 g/mol. The van der Waals surface area contributed by atoms with Crippen LogP contribution in [-0.4, -0.2) is 104 Å². The summed E-state index contributed by atoms with van der Waals surface area (Å²) in [5.74, 6) is -0.108. The Balaban J connectivity index is 1.43. The van der Waals surface area contributed by atoms with Crippen molar-refractivity contribution in [2.75, 3.05) is 77.5 Å². The summed E-state index contributed by atoms with van der Waals surface area (Å²) >= 11 is 0. The lowest BCUT2D eigenvalue weighted by Gasteiger charge is -2.33. The molecule has 9 nitrogen and oxygen atoms in total. The first kappa shape index (κ1) is 20.3. The predicted octanol–water partition coefficient (Wildman–Crippen LogP) is 0.740. The van der Waals surface area contributed by atoms with Crippen molar-refractivity contribution in [2.24, 2.45) is 0 Å². The quantitative estimate of drug-likeness (QED) is 0.765. The van der Waals surface area contributed by atoms with Gasteiger partial charge < -0.3 is 24.6 Å². The number of hydrogen-bond acceptors (Lipinski definition) is 7. The SMILES string of the molecule is CCOC(=O)N1CCN(C(=O)c2ccc(NCCN3CCOCC3)cn2)CC1. The fraction of sp³-hybridized carbons (Fsp3) is 0.632. The van der Waals surface area contributed by atoms with Crippen LogP contribution < -0.4 is 5.32 Å². The Kier molecular flexibility index (Phi) is 7.44. The molecule has 3 rings (SSSR count). The van der Waals surface area contributed by atoms with Crippen molar-refractivity contribution >= 4 is 17.7 Å². The number of nitrogens with zero attached hydrogens (tertiary/aromatic N) is 4. The Morgan fingerprint density at radius 2 is 1.82 bits per heavy atom. The molecule has 2 saturated heterocycles. The molecule has 9 heteroatoms. The second-order valence-corrected chi connectivity index (χ2v) is 6.79. The first-order chi connectivity index (χ1) is 13.7. The summed E-state index contributed by atoms with van der Waals surface area (Å²) in [5, 5.41) is 3.34. The Morgan fingerprint density at radius 1 is 1.11 bits per heavy atom. The average Bonchev–Trinajstić information content (AvgIpc) is 2.75. The highest BCUT2D eigenvalue weighted by molar-refractivity contribution is 5.92. The van der Waals surface area contributed by atoms with Crippen LogP contribution in [-0.2, 0) is 9.47 Å². The van der Waals surface area contributed by atoms with E-state index in [1.165, 1.54) is 0 Å². The summed E-state index contributed by atoms with van der Waals surface area (Å²) in [7, 11) is 0. The molecule has 2 aliphatic rings. The normalized spacial score (nSPS) is 18.0. The van der Waals surface area contributed by atoms with Crippen molar-refractivity contribution in [3.8, 4) is 0 Å². The zero-order valence-corrected chi connectivity index (χ0v) is 16.4. The number of anilines is 1. The van der Waals surface area contributed by atoms with Gasteiger partial charge in [-0.25, -0.2) is 9.78 Å². The van der Waals surface area contributed by atoms with E-state index in [4.69, 9.17) is 9.47 Å². The predicted molar refractivity (Wildman–Crippen MR) is 104 cm³/mol. The summed E-state index contributed by atoms with van der Waals surface area (Å²) in [4.78, 5) is 34.4. The van der Waals surface area contributed by atoms with Gasteiger partial charge in [0.2, 0.25) is 0 Å². The maximum absolute atomic E-state index is 12.6. The number of carbonyl (C=O) groups is 2. The topological polar surface area (TPSA) is 87.2 Å². The van der Waals surface area contributed by atoms with E-state index in [1.807, 2.05) is 6.07 Å². The van der Waals surface area contributed by atoms with Crippen LogP contribution in [0.4, 0.5) is 10.5 Å². The number of piperazine rings is 1. The number of carbonyl (C=O) groups excluding carboxylic acids is 2. The highest BCUT2D eigenvalue weighted by Gasteiger charge is 2.26. The van der Waals surface area contributed by atoms with Gasteiger partial charge in [-0.2, -0.15) is 0 Å². The lowest BCUT2D eigenvalue weighted by Crippen LogP contribution is -2.50. The molecule has 0 aromatic carbocycles. The van der Waals surface area contributed by atoms with Gasteiger partial charge in [0.05, 0.1) is 31.7 Å². The summed E-state index contributed by atoms with van der Waals surface area (Å²) in [6.07, 6.45) is 1.38. The van der Waals surface area contributed by atoms with Crippen LogP contribution in [0.3, 0.4) is 0 Å². The second kappa shape index (κ2) is 10.2. The Bertz CT molecular complexity index is 640. The molecule has 0 spiro atoms. The second-order valence-electron chi connectivity index (χ2n) is 6.79. The van der Waals surface area contributed by atoms with E-state index < -0.39 is 0 Å². The highest BCUT2D eigenvalue weighted by Crippen LogP contribution is 2.11. The number of pyridine rings is 1. The maximum Gasteiger partial charge on any atom is 0.409 e.